The van der Waals surface area contributed by atoms with Crippen molar-refractivity contribution in [3.8, 4) is 0 Å². The molecule has 0 spiro atoms. The second-order valence-electron chi connectivity index (χ2n) is 7.27. The maximum Gasteiger partial charge on any atom is 0.240 e. The number of ether oxygens (including phenoxy) is 1. The van der Waals surface area contributed by atoms with Crippen LogP contribution in [0.3, 0.4) is 0 Å². The van der Waals surface area contributed by atoms with E-state index in [4.69, 9.17) is 16.3 Å². The summed E-state index contributed by atoms with van der Waals surface area (Å²) in [6.07, 6.45) is 1.05. The lowest BCUT2D eigenvalue weighted by atomic mass is 10.1. The minimum atomic E-state index is -3.93. The molecule has 1 saturated heterocycles. The van der Waals surface area contributed by atoms with Gasteiger partial charge in [-0.15, -0.1) is 0 Å². The summed E-state index contributed by atoms with van der Waals surface area (Å²) < 4.78 is 57.9. The zero-order chi connectivity index (χ0) is 21.9. The van der Waals surface area contributed by atoms with Gasteiger partial charge in [0, 0.05) is 37.0 Å². The summed E-state index contributed by atoms with van der Waals surface area (Å²) in [7, 11) is -7.46. The fraction of sp³-hybridized carbons (Fsp3) is 0.400. The van der Waals surface area contributed by atoms with Gasteiger partial charge in [0.2, 0.25) is 10.0 Å². The third-order valence-corrected chi connectivity index (χ3v) is 7.97. The summed E-state index contributed by atoms with van der Waals surface area (Å²) in [6, 6.07) is 11.2. The van der Waals surface area contributed by atoms with Gasteiger partial charge in [-0.2, -0.15) is 0 Å². The molecule has 0 saturated carbocycles. The number of morpholine rings is 1. The summed E-state index contributed by atoms with van der Waals surface area (Å²) in [5.74, 6) is 0. The van der Waals surface area contributed by atoms with Crippen molar-refractivity contribution in [3.63, 3.8) is 0 Å². The van der Waals surface area contributed by atoms with Crippen LogP contribution in [-0.2, 0) is 24.6 Å². The van der Waals surface area contributed by atoms with Gasteiger partial charge in [0.25, 0.3) is 0 Å². The first-order valence-corrected chi connectivity index (χ1v) is 13.2. The zero-order valence-electron chi connectivity index (χ0n) is 16.8. The fourth-order valence-corrected chi connectivity index (χ4v) is 5.66. The molecule has 0 bridgehead atoms. The van der Waals surface area contributed by atoms with Crippen LogP contribution in [-0.4, -0.2) is 60.8 Å². The lowest BCUT2D eigenvalue weighted by molar-refractivity contribution is 0.0172. The molecule has 0 aromatic heterocycles. The lowest BCUT2D eigenvalue weighted by Gasteiger charge is -2.35. The van der Waals surface area contributed by atoms with Crippen molar-refractivity contribution in [1.82, 2.24) is 9.62 Å². The number of rotatable bonds is 7. The Bertz CT molecular complexity index is 1110. The van der Waals surface area contributed by atoms with E-state index in [2.05, 4.69) is 9.62 Å². The molecule has 10 heteroatoms. The molecule has 1 aliphatic heterocycles. The number of sulfone groups is 1. The second-order valence-corrected chi connectivity index (χ2v) is 11.5. The summed E-state index contributed by atoms with van der Waals surface area (Å²) >= 11 is 6.16. The predicted molar refractivity (Wildman–Crippen MR) is 116 cm³/mol. The number of halogens is 1. The van der Waals surface area contributed by atoms with Crippen LogP contribution in [0.4, 0.5) is 0 Å². The van der Waals surface area contributed by atoms with E-state index < -0.39 is 19.9 Å². The van der Waals surface area contributed by atoms with Gasteiger partial charge in [-0.25, -0.2) is 21.6 Å². The fourth-order valence-electron chi connectivity index (χ4n) is 3.43. The van der Waals surface area contributed by atoms with Crippen molar-refractivity contribution in [2.24, 2.45) is 0 Å². The highest BCUT2D eigenvalue weighted by Gasteiger charge is 2.26. The second kappa shape index (κ2) is 9.33. The Morgan fingerprint density at radius 2 is 1.80 bits per heavy atom. The van der Waals surface area contributed by atoms with Crippen LogP contribution in [0.2, 0.25) is 5.02 Å². The van der Waals surface area contributed by atoms with Gasteiger partial charge >= 0.3 is 0 Å². The smallest absolute Gasteiger partial charge is 0.240 e. The Balaban J connectivity index is 1.89. The van der Waals surface area contributed by atoms with E-state index in [1.807, 2.05) is 18.2 Å². The Labute approximate surface area is 183 Å². The summed E-state index contributed by atoms with van der Waals surface area (Å²) in [4.78, 5) is 2.07. The van der Waals surface area contributed by atoms with Crippen molar-refractivity contribution in [3.05, 3.63) is 58.6 Å². The summed E-state index contributed by atoms with van der Waals surface area (Å²) in [6.45, 7) is 4.23. The van der Waals surface area contributed by atoms with Gasteiger partial charge in [0.15, 0.2) is 9.84 Å². The Morgan fingerprint density at radius 3 is 2.43 bits per heavy atom. The number of hydrogen-bond acceptors (Lipinski definition) is 6. The molecule has 1 heterocycles. The molecule has 1 aliphatic rings. The average molecular weight is 473 g/mol. The van der Waals surface area contributed by atoms with Gasteiger partial charge < -0.3 is 4.74 Å². The van der Waals surface area contributed by atoms with Crippen LogP contribution in [0.5, 0.6) is 0 Å². The van der Waals surface area contributed by atoms with E-state index in [1.54, 1.807) is 13.0 Å². The molecule has 164 valence electrons. The van der Waals surface area contributed by atoms with E-state index in [9.17, 15) is 16.8 Å². The molecule has 1 N–H and O–H groups in total. The standard InChI is InChI=1S/C20H25ClN2O5S2/c1-15-6-7-18(29(2,24)25)13-20(15)30(26,27)22-14-19(23-8-10-28-11-9-23)16-4-3-5-17(21)12-16/h3-7,12-13,19,22H,8-11,14H2,1-2H3. The minimum Gasteiger partial charge on any atom is -0.379 e. The third-order valence-electron chi connectivity index (χ3n) is 5.06. The maximum atomic E-state index is 13.0. The van der Waals surface area contributed by atoms with E-state index in [1.165, 1.54) is 18.2 Å². The number of benzene rings is 2. The van der Waals surface area contributed by atoms with E-state index >= 15 is 0 Å². The lowest BCUT2D eigenvalue weighted by Crippen LogP contribution is -2.43. The highest BCUT2D eigenvalue weighted by Crippen LogP contribution is 2.25. The first-order valence-electron chi connectivity index (χ1n) is 9.45. The van der Waals surface area contributed by atoms with Gasteiger partial charge in [0.1, 0.15) is 0 Å². The molecule has 0 radical (unpaired) electrons. The Hall–Kier alpha value is -1.49. The first kappa shape index (κ1) is 23.2. The Kier molecular flexibility index (Phi) is 7.21. The molecule has 7 nitrogen and oxygen atoms in total. The van der Waals surface area contributed by atoms with Crippen LogP contribution in [0.25, 0.3) is 0 Å². The maximum absolute atomic E-state index is 13.0. The first-order chi connectivity index (χ1) is 14.1. The molecule has 1 unspecified atom stereocenters. The largest absolute Gasteiger partial charge is 0.379 e. The van der Waals surface area contributed by atoms with Crippen LogP contribution >= 0.6 is 11.6 Å². The van der Waals surface area contributed by atoms with Gasteiger partial charge in [-0.1, -0.05) is 29.8 Å². The molecule has 30 heavy (non-hydrogen) atoms. The number of sulfonamides is 1. The molecule has 2 aromatic carbocycles. The number of nitrogens with zero attached hydrogens (tertiary/aromatic N) is 1. The van der Waals surface area contributed by atoms with Crippen molar-refractivity contribution in [2.45, 2.75) is 22.8 Å². The Morgan fingerprint density at radius 1 is 1.10 bits per heavy atom. The SMILES string of the molecule is Cc1ccc(S(C)(=O)=O)cc1S(=O)(=O)NCC(c1cccc(Cl)c1)N1CCOCC1. The molecular weight excluding hydrogens is 448 g/mol. The number of aryl methyl sites for hydroxylation is 1. The van der Waals surface area contributed by atoms with Crippen molar-refractivity contribution < 1.29 is 21.6 Å². The molecule has 0 amide bonds. The quantitative estimate of drug-likeness (QED) is 0.665. The van der Waals surface area contributed by atoms with Crippen LogP contribution in [0.15, 0.2) is 52.3 Å². The zero-order valence-corrected chi connectivity index (χ0v) is 19.2. The van der Waals surface area contributed by atoms with E-state index in [0.29, 0.717) is 36.9 Å². The van der Waals surface area contributed by atoms with Crippen LogP contribution in [0, 0.1) is 6.92 Å². The van der Waals surface area contributed by atoms with Crippen molar-refractivity contribution in [2.75, 3.05) is 39.1 Å². The van der Waals surface area contributed by atoms with Crippen LogP contribution < -0.4 is 4.72 Å². The monoisotopic (exact) mass is 472 g/mol. The molecule has 3 rings (SSSR count). The van der Waals surface area contributed by atoms with Gasteiger partial charge in [-0.05, 0) is 42.3 Å². The van der Waals surface area contributed by atoms with E-state index in [0.717, 1.165) is 11.8 Å². The number of hydrogen-bond donors (Lipinski definition) is 1. The highest BCUT2D eigenvalue weighted by atomic mass is 35.5. The predicted octanol–water partition coefficient (Wildman–Crippen LogP) is 2.40. The minimum absolute atomic E-state index is 0.0342. The van der Waals surface area contributed by atoms with Crippen molar-refractivity contribution >= 4 is 31.5 Å². The molecule has 0 aliphatic carbocycles. The highest BCUT2D eigenvalue weighted by molar-refractivity contribution is 7.91. The molecular formula is C20H25ClN2O5S2. The van der Waals surface area contributed by atoms with Crippen LogP contribution in [0.1, 0.15) is 17.2 Å². The van der Waals surface area contributed by atoms with Gasteiger partial charge in [0.05, 0.1) is 23.0 Å². The number of nitrogens with one attached hydrogen (secondary N) is 1. The molecule has 1 fully saturated rings. The summed E-state index contributed by atoms with van der Waals surface area (Å²) in [5.41, 5.74) is 1.37. The third kappa shape index (κ3) is 5.60. The molecule has 1 atom stereocenters. The van der Waals surface area contributed by atoms with E-state index in [-0.39, 0.29) is 22.4 Å². The van der Waals surface area contributed by atoms with Crippen molar-refractivity contribution in [1.29, 1.82) is 0 Å². The molecule has 2 aromatic rings. The topological polar surface area (TPSA) is 92.8 Å². The summed E-state index contributed by atoms with van der Waals surface area (Å²) in [5, 5.41) is 0.574. The average Bonchev–Trinajstić information content (AvgIpc) is 2.68. The van der Waals surface area contributed by atoms with Gasteiger partial charge in [-0.3, -0.25) is 4.90 Å². The normalized spacial score (nSPS) is 17.0.